The second-order valence-corrected chi connectivity index (χ2v) is 4.90. The van der Waals surface area contributed by atoms with Crippen LogP contribution in [0.2, 0.25) is 0 Å². The molecule has 0 saturated heterocycles. The first-order chi connectivity index (χ1) is 10.3. The molecular weight excluding hydrogens is 258 g/mol. The van der Waals surface area contributed by atoms with E-state index in [2.05, 4.69) is 12.1 Å². The zero-order valence-corrected chi connectivity index (χ0v) is 12.3. The minimum absolute atomic E-state index is 0.794. The number of hydrogen-bond acceptors (Lipinski definition) is 2. The lowest BCUT2D eigenvalue weighted by molar-refractivity contribution is 0.414. The second kappa shape index (κ2) is 7.91. The van der Waals surface area contributed by atoms with Crippen LogP contribution in [0.25, 0.3) is 6.08 Å². The number of hydrogen-bond donors (Lipinski definition) is 0. The van der Waals surface area contributed by atoms with Crippen molar-refractivity contribution in [1.82, 2.24) is 0 Å². The van der Waals surface area contributed by atoms with Crippen LogP contribution in [-0.4, -0.2) is 7.11 Å². The second-order valence-electron chi connectivity index (χ2n) is 4.90. The molecule has 0 aliphatic carbocycles. The van der Waals surface area contributed by atoms with E-state index in [-0.39, 0.29) is 0 Å². The van der Waals surface area contributed by atoms with Crippen LogP contribution in [0.15, 0.2) is 60.2 Å². The summed E-state index contributed by atoms with van der Waals surface area (Å²) in [5.74, 6) is 0.882. The number of rotatable bonds is 6. The van der Waals surface area contributed by atoms with Crippen molar-refractivity contribution in [1.29, 1.82) is 5.26 Å². The van der Waals surface area contributed by atoms with E-state index in [4.69, 9.17) is 4.74 Å². The van der Waals surface area contributed by atoms with E-state index < -0.39 is 0 Å². The van der Waals surface area contributed by atoms with E-state index in [1.165, 1.54) is 5.56 Å². The summed E-state index contributed by atoms with van der Waals surface area (Å²) in [6, 6.07) is 20.4. The number of nitrogens with zero attached hydrogens (tertiary/aromatic N) is 1. The van der Waals surface area contributed by atoms with E-state index in [1.54, 1.807) is 7.11 Å². The molecule has 2 aromatic carbocycles. The molecule has 0 heterocycles. The fourth-order valence-electron chi connectivity index (χ4n) is 2.22. The van der Waals surface area contributed by atoms with Crippen LogP contribution in [0, 0.1) is 11.3 Å². The maximum atomic E-state index is 9.23. The molecule has 106 valence electrons. The van der Waals surface area contributed by atoms with Gasteiger partial charge in [0.2, 0.25) is 0 Å². The quantitative estimate of drug-likeness (QED) is 0.721. The van der Waals surface area contributed by atoms with E-state index in [9.17, 15) is 5.26 Å². The third-order valence-electron chi connectivity index (χ3n) is 3.33. The van der Waals surface area contributed by atoms with Gasteiger partial charge in [0.1, 0.15) is 5.75 Å². The zero-order valence-electron chi connectivity index (χ0n) is 12.3. The molecule has 0 aliphatic rings. The topological polar surface area (TPSA) is 33.0 Å². The number of benzene rings is 2. The molecule has 0 N–H and O–H groups in total. The third-order valence-corrected chi connectivity index (χ3v) is 3.33. The van der Waals surface area contributed by atoms with E-state index >= 15 is 0 Å². The Morgan fingerprint density at radius 2 is 1.95 bits per heavy atom. The maximum Gasteiger partial charge on any atom is 0.119 e. The standard InChI is InChI=1S/C19H19NO/c1-21-19-12-6-10-17(14-19)9-5-11-18(15-20)13-16-7-3-2-4-8-16/h2-4,6-8,10,12-14H,5,9,11H2,1H3/b18-13-. The Morgan fingerprint density at radius 1 is 1.14 bits per heavy atom. The van der Waals surface area contributed by atoms with E-state index in [0.29, 0.717) is 0 Å². The summed E-state index contributed by atoms with van der Waals surface area (Å²) in [6.07, 6.45) is 4.67. The largest absolute Gasteiger partial charge is 0.497 e. The Labute approximate surface area is 126 Å². The minimum Gasteiger partial charge on any atom is -0.497 e. The van der Waals surface area contributed by atoms with Gasteiger partial charge < -0.3 is 4.74 Å². The molecule has 0 amide bonds. The van der Waals surface area contributed by atoms with Gasteiger partial charge in [0.05, 0.1) is 13.2 Å². The number of methoxy groups -OCH3 is 1. The van der Waals surface area contributed by atoms with Gasteiger partial charge in [-0.3, -0.25) is 0 Å². The molecule has 0 saturated carbocycles. The predicted molar refractivity (Wildman–Crippen MR) is 86.0 cm³/mol. The van der Waals surface area contributed by atoms with Gasteiger partial charge >= 0.3 is 0 Å². The van der Waals surface area contributed by atoms with Gasteiger partial charge in [0.25, 0.3) is 0 Å². The van der Waals surface area contributed by atoms with Gasteiger partial charge in [-0.05, 0) is 48.6 Å². The van der Waals surface area contributed by atoms with Crippen LogP contribution >= 0.6 is 0 Å². The maximum absolute atomic E-state index is 9.23. The highest BCUT2D eigenvalue weighted by molar-refractivity contribution is 5.56. The molecule has 2 heteroatoms. The lowest BCUT2D eigenvalue weighted by atomic mass is 10.0. The number of aryl methyl sites for hydroxylation is 1. The summed E-state index contributed by atoms with van der Waals surface area (Å²) < 4.78 is 5.22. The number of nitriles is 1. The molecule has 0 atom stereocenters. The van der Waals surface area contributed by atoms with Crippen molar-refractivity contribution in [3.63, 3.8) is 0 Å². The SMILES string of the molecule is COc1cccc(CCC/C(C#N)=C/c2ccccc2)c1. The average Bonchev–Trinajstić information content (AvgIpc) is 2.55. The molecule has 21 heavy (non-hydrogen) atoms. The number of ether oxygens (including phenoxy) is 1. The monoisotopic (exact) mass is 277 g/mol. The Bertz CT molecular complexity index is 638. The van der Waals surface area contributed by atoms with Crippen molar-refractivity contribution >= 4 is 6.08 Å². The van der Waals surface area contributed by atoms with Crippen LogP contribution in [0.1, 0.15) is 24.0 Å². The summed E-state index contributed by atoms with van der Waals surface area (Å²) in [5.41, 5.74) is 3.14. The first kappa shape index (κ1) is 14.9. The highest BCUT2D eigenvalue weighted by Crippen LogP contribution is 2.17. The molecule has 2 rings (SSSR count). The summed E-state index contributed by atoms with van der Waals surface area (Å²) in [7, 11) is 1.68. The van der Waals surface area contributed by atoms with Crippen molar-refractivity contribution in [3.05, 3.63) is 71.3 Å². The highest BCUT2D eigenvalue weighted by atomic mass is 16.5. The summed E-state index contributed by atoms with van der Waals surface area (Å²) in [5, 5.41) is 9.23. The van der Waals surface area contributed by atoms with Gasteiger partial charge in [-0.25, -0.2) is 0 Å². The molecule has 0 fully saturated rings. The molecular formula is C19H19NO. The molecule has 0 aromatic heterocycles. The van der Waals surface area contributed by atoms with Crippen LogP contribution < -0.4 is 4.74 Å². The molecule has 0 radical (unpaired) electrons. The lowest BCUT2D eigenvalue weighted by Gasteiger charge is -2.04. The van der Waals surface area contributed by atoms with Gasteiger partial charge in [0.15, 0.2) is 0 Å². The first-order valence-corrected chi connectivity index (χ1v) is 7.10. The molecule has 2 nitrogen and oxygen atoms in total. The number of allylic oxidation sites excluding steroid dienone is 1. The van der Waals surface area contributed by atoms with E-state index in [1.807, 2.05) is 54.6 Å². The summed E-state index contributed by atoms with van der Waals surface area (Å²) in [6.45, 7) is 0. The van der Waals surface area contributed by atoms with Crippen molar-refractivity contribution in [2.24, 2.45) is 0 Å². The van der Waals surface area contributed by atoms with Crippen LogP contribution in [0.4, 0.5) is 0 Å². The fraction of sp³-hybridized carbons (Fsp3) is 0.211. The fourth-order valence-corrected chi connectivity index (χ4v) is 2.22. The minimum atomic E-state index is 0.794. The van der Waals surface area contributed by atoms with Gasteiger partial charge in [-0.2, -0.15) is 5.26 Å². The van der Waals surface area contributed by atoms with Crippen LogP contribution in [-0.2, 0) is 6.42 Å². The highest BCUT2D eigenvalue weighted by Gasteiger charge is 2.00. The predicted octanol–water partition coefficient (Wildman–Crippen LogP) is 4.63. The molecule has 0 bridgehead atoms. The Hall–Kier alpha value is -2.53. The Kier molecular flexibility index (Phi) is 5.60. The summed E-state index contributed by atoms with van der Waals surface area (Å²) in [4.78, 5) is 0. The Morgan fingerprint density at radius 3 is 2.67 bits per heavy atom. The smallest absolute Gasteiger partial charge is 0.119 e. The molecule has 0 aliphatic heterocycles. The average molecular weight is 277 g/mol. The lowest BCUT2D eigenvalue weighted by Crippen LogP contribution is -1.89. The molecule has 0 unspecified atom stereocenters. The zero-order chi connectivity index (χ0) is 14.9. The Balaban J connectivity index is 1.92. The van der Waals surface area contributed by atoms with Gasteiger partial charge in [-0.15, -0.1) is 0 Å². The van der Waals surface area contributed by atoms with Crippen molar-refractivity contribution < 1.29 is 4.74 Å². The summed E-state index contributed by atoms with van der Waals surface area (Å²) >= 11 is 0. The molecule has 0 spiro atoms. The van der Waals surface area contributed by atoms with Crippen LogP contribution in [0.3, 0.4) is 0 Å². The van der Waals surface area contributed by atoms with Crippen molar-refractivity contribution in [2.45, 2.75) is 19.3 Å². The van der Waals surface area contributed by atoms with E-state index in [0.717, 1.165) is 36.1 Å². The van der Waals surface area contributed by atoms with Crippen LogP contribution in [0.5, 0.6) is 5.75 Å². The normalized spacial score (nSPS) is 11.0. The molecule has 2 aromatic rings. The third kappa shape index (κ3) is 4.81. The first-order valence-electron chi connectivity index (χ1n) is 7.10. The van der Waals surface area contributed by atoms with Crippen molar-refractivity contribution in [2.75, 3.05) is 7.11 Å². The van der Waals surface area contributed by atoms with Gasteiger partial charge in [-0.1, -0.05) is 42.5 Å². The van der Waals surface area contributed by atoms with Crippen molar-refractivity contribution in [3.8, 4) is 11.8 Å². The van der Waals surface area contributed by atoms with Gasteiger partial charge in [0, 0.05) is 5.57 Å².